The monoisotopic (exact) mass is 218 g/mol. The van der Waals surface area contributed by atoms with E-state index in [9.17, 15) is 0 Å². The molecule has 0 amide bonds. The molecule has 0 aliphatic rings. The van der Waals surface area contributed by atoms with E-state index in [4.69, 9.17) is 0 Å². The van der Waals surface area contributed by atoms with Gasteiger partial charge in [-0.2, -0.15) is 0 Å². The number of hydrogen-bond donors (Lipinski definition) is 1. The maximum atomic E-state index is 4.17. The van der Waals surface area contributed by atoms with Crippen molar-refractivity contribution in [3.05, 3.63) is 52.5 Å². The van der Waals surface area contributed by atoms with Gasteiger partial charge >= 0.3 is 0 Å². The topological polar surface area (TPSA) is 24.9 Å². The van der Waals surface area contributed by atoms with Gasteiger partial charge in [-0.3, -0.25) is 4.98 Å². The second-order valence-corrected chi connectivity index (χ2v) is 4.39. The van der Waals surface area contributed by atoms with Crippen LogP contribution in [0.5, 0.6) is 0 Å². The van der Waals surface area contributed by atoms with Crippen molar-refractivity contribution in [1.29, 1.82) is 0 Å². The number of pyridine rings is 1. The zero-order valence-corrected chi connectivity index (χ0v) is 9.50. The van der Waals surface area contributed by atoms with Crippen LogP contribution < -0.4 is 5.32 Å². The molecule has 0 saturated carbocycles. The van der Waals surface area contributed by atoms with Crippen molar-refractivity contribution in [2.75, 3.05) is 13.6 Å². The van der Waals surface area contributed by atoms with Gasteiger partial charge in [0.2, 0.25) is 0 Å². The predicted molar refractivity (Wildman–Crippen MR) is 64.3 cm³/mol. The summed E-state index contributed by atoms with van der Waals surface area (Å²) in [5.41, 5.74) is 1.27. The Kier molecular flexibility index (Phi) is 3.48. The second kappa shape index (κ2) is 5.05. The van der Waals surface area contributed by atoms with Gasteiger partial charge in [-0.1, -0.05) is 12.1 Å². The highest BCUT2D eigenvalue weighted by Crippen LogP contribution is 2.26. The highest BCUT2D eigenvalue weighted by molar-refractivity contribution is 7.10. The third-order valence-electron chi connectivity index (χ3n) is 2.38. The first-order chi connectivity index (χ1) is 7.42. The molecule has 0 aromatic carbocycles. The Labute approximate surface area is 94.0 Å². The number of nitrogens with one attached hydrogen (secondary N) is 1. The first kappa shape index (κ1) is 10.3. The van der Waals surface area contributed by atoms with Gasteiger partial charge in [0.15, 0.2) is 0 Å². The SMILES string of the molecule is CNCC(c1cccnc1)c1cccs1. The van der Waals surface area contributed by atoms with Crippen LogP contribution in [0.2, 0.25) is 0 Å². The maximum Gasteiger partial charge on any atom is 0.0323 e. The zero-order chi connectivity index (χ0) is 10.5. The summed E-state index contributed by atoms with van der Waals surface area (Å²) in [6, 6.07) is 8.40. The molecule has 2 nitrogen and oxygen atoms in total. The van der Waals surface area contributed by atoms with Gasteiger partial charge in [-0.25, -0.2) is 0 Å². The third kappa shape index (κ3) is 2.43. The van der Waals surface area contributed by atoms with E-state index in [0.717, 1.165) is 6.54 Å². The summed E-state index contributed by atoms with van der Waals surface area (Å²) in [7, 11) is 1.98. The summed E-state index contributed by atoms with van der Waals surface area (Å²) in [5.74, 6) is 0.420. The molecule has 0 radical (unpaired) electrons. The Balaban J connectivity index is 2.28. The fourth-order valence-electron chi connectivity index (χ4n) is 1.66. The first-order valence-electron chi connectivity index (χ1n) is 4.99. The molecule has 0 bridgehead atoms. The third-order valence-corrected chi connectivity index (χ3v) is 3.37. The number of rotatable bonds is 4. The maximum absolute atomic E-state index is 4.17. The van der Waals surface area contributed by atoms with Crippen LogP contribution in [0.1, 0.15) is 16.4 Å². The van der Waals surface area contributed by atoms with E-state index in [-0.39, 0.29) is 0 Å². The molecule has 2 aromatic rings. The van der Waals surface area contributed by atoms with Crippen LogP contribution in [0.15, 0.2) is 42.0 Å². The van der Waals surface area contributed by atoms with E-state index in [1.807, 2.05) is 25.5 Å². The number of likely N-dealkylation sites (N-methyl/N-ethyl adjacent to an activating group) is 1. The molecule has 1 N–H and O–H groups in total. The Morgan fingerprint density at radius 3 is 2.93 bits per heavy atom. The summed E-state index contributed by atoms with van der Waals surface area (Å²) < 4.78 is 0. The summed E-state index contributed by atoms with van der Waals surface area (Å²) in [6.45, 7) is 0.951. The Morgan fingerprint density at radius 2 is 2.33 bits per heavy atom. The van der Waals surface area contributed by atoms with Gasteiger partial charge < -0.3 is 5.32 Å². The van der Waals surface area contributed by atoms with Crippen LogP contribution in [0, 0.1) is 0 Å². The van der Waals surface area contributed by atoms with Gasteiger partial charge in [0.25, 0.3) is 0 Å². The lowest BCUT2D eigenvalue weighted by molar-refractivity contribution is 0.715. The summed E-state index contributed by atoms with van der Waals surface area (Å²) >= 11 is 1.80. The standard InChI is InChI=1S/C12H14N2S/c1-13-9-11(12-5-3-7-15-12)10-4-2-6-14-8-10/h2-8,11,13H,9H2,1H3. The smallest absolute Gasteiger partial charge is 0.0323 e. The molecule has 2 heterocycles. The molecule has 0 saturated heterocycles. The van der Waals surface area contributed by atoms with Gasteiger partial charge in [0, 0.05) is 29.7 Å². The van der Waals surface area contributed by atoms with E-state index in [0.29, 0.717) is 5.92 Å². The lowest BCUT2D eigenvalue weighted by atomic mass is 9.99. The molecular weight excluding hydrogens is 204 g/mol. The summed E-state index contributed by atoms with van der Waals surface area (Å²) in [5, 5.41) is 5.35. The van der Waals surface area contributed by atoms with Crippen molar-refractivity contribution in [3.8, 4) is 0 Å². The van der Waals surface area contributed by atoms with Crippen LogP contribution in [0.25, 0.3) is 0 Å². The molecule has 1 unspecified atom stereocenters. The van der Waals surface area contributed by atoms with Gasteiger partial charge in [0.1, 0.15) is 0 Å². The van der Waals surface area contributed by atoms with Crippen LogP contribution in [-0.4, -0.2) is 18.6 Å². The lowest BCUT2D eigenvalue weighted by Crippen LogP contribution is -2.17. The van der Waals surface area contributed by atoms with Gasteiger partial charge in [0.05, 0.1) is 0 Å². The Bertz CT molecular complexity index is 383. The Hall–Kier alpha value is -1.19. The molecule has 0 spiro atoms. The fourth-order valence-corrected chi connectivity index (χ4v) is 2.51. The average Bonchev–Trinajstić information content (AvgIpc) is 2.80. The van der Waals surface area contributed by atoms with E-state index >= 15 is 0 Å². The zero-order valence-electron chi connectivity index (χ0n) is 8.68. The van der Waals surface area contributed by atoms with Crippen molar-refractivity contribution < 1.29 is 0 Å². The lowest BCUT2D eigenvalue weighted by Gasteiger charge is -2.14. The quantitative estimate of drug-likeness (QED) is 0.853. The molecular formula is C12H14N2S. The first-order valence-corrected chi connectivity index (χ1v) is 5.87. The van der Waals surface area contributed by atoms with Crippen molar-refractivity contribution in [3.63, 3.8) is 0 Å². The second-order valence-electron chi connectivity index (χ2n) is 3.41. The van der Waals surface area contributed by atoms with Crippen LogP contribution in [0.4, 0.5) is 0 Å². The molecule has 3 heteroatoms. The molecule has 1 atom stereocenters. The molecule has 0 aliphatic carbocycles. The number of nitrogens with zero attached hydrogens (tertiary/aromatic N) is 1. The molecule has 78 valence electrons. The van der Waals surface area contributed by atoms with E-state index < -0.39 is 0 Å². The summed E-state index contributed by atoms with van der Waals surface area (Å²) in [6.07, 6.45) is 3.76. The van der Waals surface area contributed by atoms with Gasteiger partial charge in [-0.05, 0) is 30.1 Å². The van der Waals surface area contributed by atoms with Gasteiger partial charge in [-0.15, -0.1) is 11.3 Å². The van der Waals surface area contributed by atoms with Crippen molar-refractivity contribution in [2.24, 2.45) is 0 Å². The van der Waals surface area contributed by atoms with Crippen LogP contribution >= 0.6 is 11.3 Å². The average molecular weight is 218 g/mol. The molecule has 0 fully saturated rings. The normalized spacial score (nSPS) is 12.6. The fraction of sp³-hybridized carbons (Fsp3) is 0.250. The van der Waals surface area contributed by atoms with Crippen molar-refractivity contribution in [2.45, 2.75) is 5.92 Å². The van der Waals surface area contributed by atoms with Crippen molar-refractivity contribution >= 4 is 11.3 Å². The predicted octanol–water partition coefficient (Wildman–Crippen LogP) is 2.49. The molecule has 2 aromatic heterocycles. The van der Waals surface area contributed by atoms with E-state index in [2.05, 4.69) is 33.9 Å². The molecule has 2 rings (SSSR count). The Morgan fingerprint density at radius 1 is 1.40 bits per heavy atom. The minimum atomic E-state index is 0.420. The summed E-state index contributed by atoms with van der Waals surface area (Å²) in [4.78, 5) is 5.56. The van der Waals surface area contributed by atoms with Crippen molar-refractivity contribution in [1.82, 2.24) is 10.3 Å². The van der Waals surface area contributed by atoms with Crippen LogP contribution in [-0.2, 0) is 0 Å². The minimum absolute atomic E-state index is 0.420. The van der Waals surface area contributed by atoms with Crippen LogP contribution in [0.3, 0.4) is 0 Å². The number of aromatic nitrogens is 1. The molecule has 15 heavy (non-hydrogen) atoms. The number of hydrogen-bond acceptors (Lipinski definition) is 3. The highest BCUT2D eigenvalue weighted by atomic mass is 32.1. The molecule has 0 aliphatic heterocycles. The minimum Gasteiger partial charge on any atom is -0.319 e. The largest absolute Gasteiger partial charge is 0.319 e. The van der Waals surface area contributed by atoms with E-state index in [1.165, 1.54) is 10.4 Å². The van der Waals surface area contributed by atoms with E-state index in [1.54, 1.807) is 11.3 Å². The number of thiophene rings is 1. The highest BCUT2D eigenvalue weighted by Gasteiger charge is 2.13.